The molecular formula is C13H16FNO. The largest absolute Gasteiger partial charge is 0.307 e. The minimum atomic E-state index is -0.215. The molecule has 1 aliphatic heterocycles. The maximum atomic E-state index is 12.8. The van der Waals surface area contributed by atoms with Gasteiger partial charge in [-0.1, -0.05) is 19.1 Å². The summed E-state index contributed by atoms with van der Waals surface area (Å²) in [5, 5.41) is 3.18. The summed E-state index contributed by atoms with van der Waals surface area (Å²) in [6.45, 7) is 2.99. The van der Waals surface area contributed by atoms with E-state index in [2.05, 4.69) is 12.2 Å². The Morgan fingerprint density at radius 3 is 2.75 bits per heavy atom. The maximum absolute atomic E-state index is 12.8. The van der Waals surface area contributed by atoms with Crippen molar-refractivity contribution >= 4 is 6.29 Å². The van der Waals surface area contributed by atoms with Crippen molar-refractivity contribution in [3.63, 3.8) is 0 Å². The van der Waals surface area contributed by atoms with Gasteiger partial charge in [-0.2, -0.15) is 0 Å². The Hall–Kier alpha value is -1.22. The number of halogens is 1. The predicted octanol–water partition coefficient (Wildman–Crippen LogP) is 2.11. The number of rotatable bonds is 3. The average molecular weight is 221 g/mol. The molecule has 2 nitrogen and oxygen atoms in total. The normalized spacial score (nSPS) is 26.6. The van der Waals surface area contributed by atoms with Gasteiger partial charge in [0.2, 0.25) is 0 Å². The number of carbonyl (C=O) groups excluding carboxylic acids is 1. The molecule has 86 valence electrons. The molecule has 1 N–H and O–H groups in total. The highest BCUT2D eigenvalue weighted by Crippen LogP contribution is 2.31. The molecule has 0 aliphatic carbocycles. The van der Waals surface area contributed by atoms with Gasteiger partial charge in [-0.05, 0) is 42.5 Å². The van der Waals surface area contributed by atoms with Crippen LogP contribution in [0.1, 0.15) is 24.8 Å². The minimum absolute atomic E-state index is 0.0555. The van der Waals surface area contributed by atoms with E-state index in [9.17, 15) is 9.18 Å². The quantitative estimate of drug-likeness (QED) is 0.792. The first kappa shape index (κ1) is 11.3. The Morgan fingerprint density at radius 2 is 2.12 bits per heavy atom. The Balaban J connectivity index is 2.14. The van der Waals surface area contributed by atoms with E-state index in [0.717, 1.165) is 24.8 Å². The van der Waals surface area contributed by atoms with Crippen LogP contribution in [0.15, 0.2) is 24.3 Å². The van der Waals surface area contributed by atoms with Crippen molar-refractivity contribution in [2.75, 3.05) is 6.54 Å². The van der Waals surface area contributed by atoms with Gasteiger partial charge < -0.3 is 10.1 Å². The second kappa shape index (κ2) is 4.74. The number of carbonyl (C=O) groups is 1. The summed E-state index contributed by atoms with van der Waals surface area (Å²) in [5.41, 5.74) is 1.10. The standard InChI is InChI=1S/C13H16FNO/c1-9(10-2-4-11(14)5-3-10)12-6-7-15-13(12)8-16/h2-5,8-9,12-13,15H,6-7H2,1H3/t9-,12?,13?/m1/s1. The second-order valence-corrected chi connectivity index (χ2v) is 4.41. The van der Waals surface area contributed by atoms with Crippen molar-refractivity contribution in [1.29, 1.82) is 0 Å². The Morgan fingerprint density at radius 1 is 1.44 bits per heavy atom. The van der Waals surface area contributed by atoms with E-state index >= 15 is 0 Å². The van der Waals surface area contributed by atoms with Crippen LogP contribution < -0.4 is 5.32 Å². The smallest absolute Gasteiger partial charge is 0.137 e. The van der Waals surface area contributed by atoms with Gasteiger partial charge in [0, 0.05) is 0 Å². The van der Waals surface area contributed by atoms with Crippen molar-refractivity contribution in [3.8, 4) is 0 Å². The first-order chi connectivity index (χ1) is 7.72. The lowest BCUT2D eigenvalue weighted by Gasteiger charge is -2.22. The lowest BCUT2D eigenvalue weighted by Crippen LogP contribution is -2.30. The summed E-state index contributed by atoms with van der Waals surface area (Å²) < 4.78 is 12.8. The van der Waals surface area contributed by atoms with Gasteiger partial charge in [-0.15, -0.1) is 0 Å². The fraction of sp³-hybridized carbons (Fsp3) is 0.462. The SMILES string of the molecule is C[C@H](c1ccc(F)cc1)C1CCNC1C=O. The molecular weight excluding hydrogens is 205 g/mol. The monoisotopic (exact) mass is 221 g/mol. The van der Waals surface area contributed by atoms with Crippen LogP contribution in [0, 0.1) is 11.7 Å². The average Bonchev–Trinajstić information content (AvgIpc) is 2.77. The molecule has 1 heterocycles. The summed E-state index contributed by atoms with van der Waals surface area (Å²) >= 11 is 0. The molecule has 1 aliphatic rings. The molecule has 0 saturated carbocycles. The highest BCUT2D eigenvalue weighted by Gasteiger charge is 2.31. The van der Waals surface area contributed by atoms with E-state index in [4.69, 9.17) is 0 Å². The van der Waals surface area contributed by atoms with E-state index in [1.807, 2.05) is 0 Å². The summed E-state index contributed by atoms with van der Waals surface area (Å²) in [4.78, 5) is 10.9. The Bertz CT molecular complexity index is 363. The van der Waals surface area contributed by atoms with Crippen LogP contribution in [-0.4, -0.2) is 18.9 Å². The molecule has 1 saturated heterocycles. The van der Waals surface area contributed by atoms with Gasteiger partial charge in [-0.3, -0.25) is 0 Å². The molecule has 3 heteroatoms. The molecule has 16 heavy (non-hydrogen) atoms. The predicted molar refractivity (Wildman–Crippen MR) is 60.8 cm³/mol. The third-order valence-electron chi connectivity index (χ3n) is 3.50. The Kier molecular flexibility index (Phi) is 3.34. The van der Waals surface area contributed by atoms with Gasteiger partial charge >= 0.3 is 0 Å². The zero-order valence-corrected chi connectivity index (χ0v) is 9.32. The summed E-state index contributed by atoms with van der Waals surface area (Å²) in [7, 11) is 0. The zero-order valence-electron chi connectivity index (χ0n) is 9.32. The molecule has 0 bridgehead atoms. The van der Waals surface area contributed by atoms with Crippen LogP contribution in [0.25, 0.3) is 0 Å². The number of aldehydes is 1. The third kappa shape index (κ3) is 2.14. The second-order valence-electron chi connectivity index (χ2n) is 4.41. The molecule has 1 fully saturated rings. The maximum Gasteiger partial charge on any atom is 0.137 e. The molecule has 0 amide bonds. The highest BCUT2D eigenvalue weighted by atomic mass is 19.1. The van der Waals surface area contributed by atoms with E-state index < -0.39 is 0 Å². The van der Waals surface area contributed by atoms with Crippen molar-refractivity contribution in [2.45, 2.75) is 25.3 Å². The van der Waals surface area contributed by atoms with Gasteiger partial charge in [0.05, 0.1) is 6.04 Å². The first-order valence-corrected chi connectivity index (χ1v) is 5.66. The number of benzene rings is 1. The highest BCUT2D eigenvalue weighted by molar-refractivity contribution is 5.59. The molecule has 1 aromatic rings. The van der Waals surface area contributed by atoms with Crippen LogP contribution in [-0.2, 0) is 4.79 Å². The molecule has 2 unspecified atom stereocenters. The van der Waals surface area contributed by atoms with Crippen molar-refractivity contribution < 1.29 is 9.18 Å². The van der Waals surface area contributed by atoms with Crippen LogP contribution in [0.4, 0.5) is 4.39 Å². The lowest BCUT2D eigenvalue weighted by atomic mass is 9.83. The van der Waals surface area contributed by atoms with Crippen LogP contribution in [0.5, 0.6) is 0 Å². The van der Waals surface area contributed by atoms with Crippen LogP contribution >= 0.6 is 0 Å². The summed E-state index contributed by atoms with van der Waals surface area (Å²) in [6, 6.07) is 6.51. The van der Waals surface area contributed by atoms with Gasteiger partial charge in [0.25, 0.3) is 0 Å². The van der Waals surface area contributed by atoms with Crippen LogP contribution in [0.2, 0.25) is 0 Å². The van der Waals surface area contributed by atoms with Crippen LogP contribution in [0.3, 0.4) is 0 Å². The van der Waals surface area contributed by atoms with E-state index in [1.165, 1.54) is 12.1 Å². The third-order valence-corrected chi connectivity index (χ3v) is 3.50. The van der Waals surface area contributed by atoms with E-state index in [-0.39, 0.29) is 17.8 Å². The van der Waals surface area contributed by atoms with E-state index in [0.29, 0.717) is 5.92 Å². The summed E-state index contributed by atoms with van der Waals surface area (Å²) in [5.74, 6) is 0.390. The first-order valence-electron chi connectivity index (χ1n) is 5.66. The zero-order chi connectivity index (χ0) is 11.5. The number of nitrogens with one attached hydrogen (secondary N) is 1. The number of hydrogen-bond acceptors (Lipinski definition) is 2. The van der Waals surface area contributed by atoms with Gasteiger partial charge in [-0.25, -0.2) is 4.39 Å². The van der Waals surface area contributed by atoms with Gasteiger partial charge in [0.15, 0.2) is 0 Å². The molecule has 3 atom stereocenters. The minimum Gasteiger partial charge on any atom is -0.307 e. The molecule has 1 aromatic carbocycles. The summed E-state index contributed by atoms with van der Waals surface area (Å²) in [6.07, 6.45) is 1.99. The van der Waals surface area contributed by atoms with Crippen molar-refractivity contribution in [3.05, 3.63) is 35.6 Å². The number of hydrogen-bond donors (Lipinski definition) is 1. The topological polar surface area (TPSA) is 29.1 Å². The fourth-order valence-corrected chi connectivity index (χ4v) is 2.47. The van der Waals surface area contributed by atoms with Crippen molar-refractivity contribution in [2.24, 2.45) is 5.92 Å². The van der Waals surface area contributed by atoms with Crippen molar-refractivity contribution in [1.82, 2.24) is 5.32 Å². The lowest BCUT2D eigenvalue weighted by molar-refractivity contribution is -0.110. The molecule has 2 rings (SSSR count). The van der Waals surface area contributed by atoms with E-state index in [1.54, 1.807) is 12.1 Å². The van der Waals surface area contributed by atoms with Gasteiger partial charge in [0.1, 0.15) is 12.1 Å². The molecule has 0 spiro atoms. The Labute approximate surface area is 94.9 Å². The molecule has 0 aromatic heterocycles. The fourth-order valence-electron chi connectivity index (χ4n) is 2.47. The molecule has 0 radical (unpaired) electrons.